The van der Waals surface area contributed by atoms with Crippen LogP contribution in [0.15, 0.2) is 42.5 Å². The quantitative estimate of drug-likeness (QED) is 0.643. The summed E-state index contributed by atoms with van der Waals surface area (Å²) < 4.78 is 0. The van der Waals surface area contributed by atoms with Crippen LogP contribution in [0.3, 0.4) is 0 Å². The van der Waals surface area contributed by atoms with Crippen molar-refractivity contribution in [3.63, 3.8) is 0 Å². The van der Waals surface area contributed by atoms with Gasteiger partial charge >= 0.3 is 0 Å². The molecule has 2 aromatic carbocycles. The number of nitrogens with zero attached hydrogens (tertiary/aromatic N) is 1. The second kappa shape index (κ2) is 7.44. The van der Waals surface area contributed by atoms with E-state index in [0.717, 1.165) is 5.56 Å². The topological polar surface area (TPSA) is 72.2 Å². The number of para-hydroxylation sites is 1. The van der Waals surface area contributed by atoms with E-state index < -0.39 is 4.92 Å². The third-order valence-corrected chi connectivity index (χ3v) is 3.91. The Bertz CT molecular complexity index is 750. The van der Waals surface area contributed by atoms with Crippen molar-refractivity contribution in [1.82, 2.24) is 5.32 Å². The number of carbonyl (C=O) groups excluding carboxylic acids is 1. The highest BCUT2D eigenvalue weighted by Crippen LogP contribution is 2.26. The zero-order chi connectivity index (χ0) is 17.0. The molecule has 7 heteroatoms. The number of benzene rings is 2. The molecule has 2 rings (SSSR count). The number of nitro groups is 1. The summed E-state index contributed by atoms with van der Waals surface area (Å²) in [4.78, 5) is 22.6. The van der Waals surface area contributed by atoms with Crippen LogP contribution in [0.1, 0.15) is 24.1 Å². The van der Waals surface area contributed by atoms with Gasteiger partial charge in [0.2, 0.25) is 5.91 Å². The molecule has 0 saturated carbocycles. The van der Waals surface area contributed by atoms with E-state index in [1.807, 2.05) is 0 Å². The second-order valence-corrected chi connectivity index (χ2v) is 5.86. The number of halogens is 2. The summed E-state index contributed by atoms with van der Waals surface area (Å²) in [5, 5.41) is 14.7. The molecule has 0 aromatic heterocycles. The number of carbonyl (C=O) groups is 1. The maximum Gasteiger partial charge on any atom is 0.273 e. The summed E-state index contributed by atoms with van der Waals surface area (Å²) in [6, 6.07) is 10.9. The molecular weight excluding hydrogens is 339 g/mol. The Morgan fingerprint density at radius 3 is 2.61 bits per heavy atom. The highest BCUT2D eigenvalue weighted by molar-refractivity contribution is 6.35. The lowest BCUT2D eigenvalue weighted by Crippen LogP contribution is -2.28. The predicted molar refractivity (Wildman–Crippen MR) is 89.8 cm³/mol. The van der Waals surface area contributed by atoms with Gasteiger partial charge in [-0.15, -0.1) is 0 Å². The van der Waals surface area contributed by atoms with Crippen LogP contribution in [0.25, 0.3) is 0 Å². The summed E-state index contributed by atoms with van der Waals surface area (Å²) in [7, 11) is 0. The number of nitrogens with one attached hydrogen (secondary N) is 1. The van der Waals surface area contributed by atoms with Crippen molar-refractivity contribution in [1.29, 1.82) is 0 Å². The summed E-state index contributed by atoms with van der Waals surface area (Å²) in [5.74, 6) is -0.321. The first-order valence-corrected chi connectivity index (χ1v) is 7.60. The minimum absolute atomic E-state index is 0.0696. The van der Waals surface area contributed by atoms with Gasteiger partial charge in [0.25, 0.3) is 5.69 Å². The standard InChI is InChI=1S/C16H14Cl2N2O3/c1-10(13-7-6-12(17)9-14(13)18)19-16(21)8-11-4-2-3-5-15(11)20(22)23/h2-7,9-10H,8H2,1H3,(H,19,21). The summed E-state index contributed by atoms with van der Waals surface area (Å²) in [6.07, 6.45) is -0.0767. The van der Waals surface area contributed by atoms with E-state index in [9.17, 15) is 14.9 Å². The lowest BCUT2D eigenvalue weighted by Gasteiger charge is -2.16. The predicted octanol–water partition coefficient (Wildman–Crippen LogP) is 4.32. The van der Waals surface area contributed by atoms with Gasteiger partial charge in [0.1, 0.15) is 0 Å². The molecule has 0 saturated heterocycles. The van der Waals surface area contributed by atoms with E-state index in [1.54, 1.807) is 43.3 Å². The first-order chi connectivity index (χ1) is 10.9. The highest BCUT2D eigenvalue weighted by Gasteiger charge is 2.18. The van der Waals surface area contributed by atoms with Crippen LogP contribution >= 0.6 is 23.2 Å². The van der Waals surface area contributed by atoms with Gasteiger partial charge in [-0.05, 0) is 24.6 Å². The molecule has 23 heavy (non-hydrogen) atoms. The van der Waals surface area contributed by atoms with E-state index >= 15 is 0 Å². The molecule has 2 aromatic rings. The van der Waals surface area contributed by atoms with E-state index in [0.29, 0.717) is 15.6 Å². The molecule has 120 valence electrons. The van der Waals surface area contributed by atoms with Crippen LogP contribution in [0.2, 0.25) is 10.0 Å². The Kier molecular flexibility index (Phi) is 5.58. The maximum atomic E-state index is 12.1. The fraction of sp³-hybridized carbons (Fsp3) is 0.188. The van der Waals surface area contributed by atoms with E-state index in [4.69, 9.17) is 23.2 Å². The largest absolute Gasteiger partial charge is 0.349 e. The SMILES string of the molecule is CC(NC(=O)Cc1ccccc1[N+](=O)[O-])c1ccc(Cl)cc1Cl. The number of rotatable bonds is 5. The van der Waals surface area contributed by atoms with E-state index in [2.05, 4.69) is 5.32 Å². The molecule has 1 unspecified atom stereocenters. The van der Waals surface area contributed by atoms with Crippen LogP contribution in [-0.4, -0.2) is 10.8 Å². The third kappa shape index (κ3) is 4.43. The fourth-order valence-corrected chi connectivity index (χ4v) is 2.81. The number of hydrogen-bond donors (Lipinski definition) is 1. The molecule has 0 heterocycles. The number of amides is 1. The van der Waals surface area contributed by atoms with Crippen molar-refractivity contribution in [2.24, 2.45) is 0 Å². The van der Waals surface area contributed by atoms with Crippen molar-refractivity contribution in [2.45, 2.75) is 19.4 Å². The molecule has 0 spiro atoms. The monoisotopic (exact) mass is 352 g/mol. The van der Waals surface area contributed by atoms with Crippen molar-refractivity contribution in [3.05, 3.63) is 73.8 Å². The summed E-state index contributed by atoms with van der Waals surface area (Å²) >= 11 is 12.0. The van der Waals surface area contributed by atoms with Gasteiger partial charge in [-0.25, -0.2) is 0 Å². The number of nitro benzene ring substituents is 1. The molecule has 0 aliphatic heterocycles. The Morgan fingerprint density at radius 1 is 1.26 bits per heavy atom. The third-order valence-electron chi connectivity index (χ3n) is 3.35. The molecule has 0 radical (unpaired) electrons. The Labute approximate surface area is 143 Å². The van der Waals surface area contributed by atoms with Gasteiger partial charge in [-0.3, -0.25) is 14.9 Å². The average Bonchev–Trinajstić information content (AvgIpc) is 2.47. The lowest BCUT2D eigenvalue weighted by atomic mass is 10.1. The smallest absolute Gasteiger partial charge is 0.273 e. The lowest BCUT2D eigenvalue weighted by molar-refractivity contribution is -0.385. The Balaban J connectivity index is 2.09. The molecule has 0 fully saturated rings. The normalized spacial score (nSPS) is 11.8. The minimum atomic E-state index is -0.498. The Morgan fingerprint density at radius 2 is 1.96 bits per heavy atom. The minimum Gasteiger partial charge on any atom is -0.349 e. The zero-order valence-electron chi connectivity index (χ0n) is 12.3. The first kappa shape index (κ1) is 17.2. The molecule has 0 bridgehead atoms. The summed E-state index contributed by atoms with van der Waals surface area (Å²) in [6.45, 7) is 1.78. The molecule has 0 aliphatic carbocycles. The van der Waals surface area contributed by atoms with E-state index in [1.165, 1.54) is 6.07 Å². The number of hydrogen-bond acceptors (Lipinski definition) is 3. The molecular formula is C16H14Cl2N2O3. The molecule has 1 N–H and O–H groups in total. The molecule has 5 nitrogen and oxygen atoms in total. The zero-order valence-corrected chi connectivity index (χ0v) is 13.8. The van der Waals surface area contributed by atoms with Crippen LogP contribution in [0.5, 0.6) is 0 Å². The Hall–Kier alpha value is -2.11. The van der Waals surface area contributed by atoms with Gasteiger partial charge in [-0.1, -0.05) is 47.5 Å². The van der Waals surface area contributed by atoms with Gasteiger partial charge in [0, 0.05) is 21.7 Å². The van der Waals surface area contributed by atoms with Gasteiger partial charge in [0.05, 0.1) is 17.4 Å². The van der Waals surface area contributed by atoms with Crippen molar-refractivity contribution in [2.75, 3.05) is 0 Å². The molecule has 0 aliphatic rings. The second-order valence-electron chi connectivity index (χ2n) is 5.02. The van der Waals surface area contributed by atoms with Gasteiger partial charge < -0.3 is 5.32 Å². The molecule has 1 atom stereocenters. The first-order valence-electron chi connectivity index (χ1n) is 6.85. The summed E-state index contributed by atoms with van der Waals surface area (Å²) in [5.41, 5.74) is 1.02. The van der Waals surface area contributed by atoms with Crippen LogP contribution in [0.4, 0.5) is 5.69 Å². The molecule has 1 amide bonds. The van der Waals surface area contributed by atoms with E-state index in [-0.39, 0.29) is 24.1 Å². The van der Waals surface area contributed by atoms with Crippen molar-refractivity contribution in [3.8, 4) is 0 Å². The van der Waals surface area contributed by atoms with Crippen LogP contribution in [0, 0.1) is 10.1 Å². The highest BCUT2D eigenvalue weighted by atomic mass is 35.5. The van der Waals surface area contributed by atoms with Crippen LogP contribution < -0.4 is 5.32 Å². The van der Waals surface area contributed by atoms with Crippen molar-refractivity contribution < 1.29 is 9.72 Å². The average molecular weight is 353 g/mol. The maximum absolute atomic E-state index is 12.1. The van der Waals surface area contributed by atoms with Gasteiger partial charge in [0.15, 0.2) is 0 Å². The van der Waals surface area contributed by atoms with Gasteiger partial charge in [-0.2, -0.15) is 0 Å². The van der Waals surface area contributed by atoms with Crippen molar-refractivity contribution >= 4 is 34.8 Å². The fourth-order valence-electron chi connectivity index (χ4n) is 2.23. The van der Waals surface area contributed by atoms with Crippen LogP contribution in [-0.2, 0) is 11.2 Å².